The molecule has 0 atom stereocenters. The molecule has 0 aliphatic carbocycles. The molecule has 0 spiro atoms. The third-order valence-corrected chi connectivity index (χ3v) is 3.37. The maximum absolute atomic E-state index is 13.7. The minimum atomic E-state index is -1.78. The Kier molecular flexibility index (Phi) is 5.23. The van der Waals surface area contributed by atoms with Crippen molar-refractivity contribution in [3.8, 4) is 5.75 Å². The lowest BCUT2D eigenvalue weighted by Gasteiger charge is -2.08. The molecule has 142 valence electrons. The van der Waals surface area contributed by atoms with Gasteiger partial charge in [0.2, 0.25) is 5.75 Å². The van der Waals surface area contributed by atoms with Gasteiger partial charge in [-0.25, -0.2) is 17.6 Å². The van der Waals surface area contributed by atoms with Crippen molar-refractivity contribution in [2.24, 2.45) is 5.10 Å². The second-order valence-electron chi connectivity index (χ2n) is 5.04. The maximum atomic E-state index is 13.7. The van der Waals surface area contributed by atoms with Crippen LogP contribution in [0.5, 0.6) is 5.75 Å². The van der Waals surface area contributed by atoms with Gasteiger partial charge in [-0.15, -0.1) is 0 Å². The smallest absolute Gasteiger partial charge is 0.318 e. The average Bonchev–Trinajstić information content (AvgIpc) is 2.61. The fourth-order valence-electron chi connectivity index (χ4n) is 1.97. The molecule has 27 heavy (non-hydrogen) atoms. The molecule has 0 saturated heterocycles. The number of nitrogens with zero attached hydrogens (tertiary/aromatic N) is 3. The van der Waals surface area contributed by atoms with Crippen molar-refractivity contribution in [1.82, 2.24) is 0 Å². The highest BCUT2D eigenvalue weighted by Gasteiger charge is 2.24. The molecule has 2 aromatic rings. The zero-order valence-electron chi connectivity index (χ0n) is 13.2. The Balaban J connectivity index is 2.46. The second-order valence-corrected chi connectivity index (χ2v) is 5.04. The van der Waals surface area contributed by atoms with Crippen LogP contribution in [0.3, 0.4) is 0 Å². The first-order valence-corrected chi connectivity index (χ1v) is 6.83. The highest BCUT2D eigenvalue weighted by Crippen LogP contribution is 2.33. The van der Waals surface area contributed by atoms with Crippen LogP contribution >= 0.6 is 0 Å². The van der Waals surface area contributed by atoms with Crippen LogP contribution in [0.25, 0.3) is 0 Å². The van der Waals surface area contributed by atoms with Crippen LogP contribution in [-0.2, 0) is 0 Å². The molecule has 2 aromatic carbocycles. The van der Waals surface area contributed by atoms with E-state index in [1.807, 2.05) is 0 Å². The molecule has 0 bridgehead atoms. The number of hydrazone groups is 1. The topological polar surface area (TPSA) is 131 Å². The molecule has 13 heteroatoms. The number of nitro groups is 2. The van der Waals surface area contributed by atoms with Crippen molar-refractivity contribution in [2.45, 2.75) is 6.92 Å². The van der Waals surface area contributed by atoms with Crippen LogP contribution in [0, 0.1) is 50.4 Å². The summed E-state index contributed by atoms with van der Waals surface area (Å²) < 4.78 is 54.3. The fraction of sp³-hybridized carbons (Fsp3) is 0.0714. The van der Waals surface area contributed by atoms with Gasteiger partial charge in [0.15, 0.2) is 23.3 Å². The fourth-order valence-corrected chi connectivity index (χ4v) is 1.97. The zero-order valence-corrected chi connectivity index (χ0v) is 13.2. The Morgan fingerprint density at radius 1 is 1.04 bits per heavy atom. The summed E-state index contributed by atoms with van der Waals surface area (Å²) in [7, 11) is 0. The lowest BCUT2D eigenvalue weighted by Crippen LogP contribution is -2.06. The Morgan fingerprint density at radius 3 is 2.07 bits per heavy atom. The average molecular weight is 388 g/mol. The van der Waals surface area contributed by atoms with Gasteiger partial charge in [0.25, 0.3) is 5.69 Å². The number of hydrogen-bond donors (Lipinski definition) is 2. The molecule has 0 fully saturated rings. The van der Waals surface area contributed by atoms with Crippen molar-refractivity contribution in [3.05, 3.63) is 66.8 Å². The number of non-ortho nitro benzene ring substituents is 1. The molecule has 0 amide bonds. The number of anilines is 1. The van der Waals surface area contributed by atoms with E-state index in [9.17, 15) is 42.9 Å². The van der Waals surface area contributed by atoms with Gasteiger partial charge in [0.05, 0.1) is 27.7 Å². The minimum Gasteiger partial charge on any atom is -0.502 e. The number of halogens is 4. The summed E-state index contributed by atoms with van der Waals surface area (Å²) in [5, 5.41) is 34.6. The molecule has 0 saturated carbocycles. The first-order chi connectivity index (χ1) is 12.6. The number of benzene rings is 2. The summed E-state index contributed by atoms with van der Waals surface area (Å²) in [4.78, 5) is 19.5. The van der Waals surface area contributed by atoms with Crippen LogP contribution < -0.4 is 5.43 Å². The van der Waals surface area contributed by atoms with Gasteiger partial charge in [-0.05, 0) is 6.92 Å². The van der Waals surface area contributed by atoms with E-state index in [1.54, 1.807) is 5.43 Å². The van der Waals surface area contributed by atoms with Crippen molar-refractivity contribution in [3.63, 3.8) is 0 Å². The zero-order chi connectivity index (χ0) is 20.5. The van der Waals surface area contributed by atoms with Gasteiger partial charge in [0.1, 0.15) is 5.69 Å². The van der Waals surface area contributed by atoms with E-state index < -0.39 is 67.1 Å². The second kappa shape index (κ2) is 7.23. The number of rotatable bonds is 5. The first-order valence-electron chi connectivity index (χ1n) is 6.83. The standard InChI is InChI=1S/C14H8F4N4O5/c1-5-9(15)11(17)13(12(18)10(5)16)20-19-4-6-2-7(21(24)25)3-8(14(6)23)22(26)27/h2-4,20,23H,1H3/b19-4+. The van der Waals surface area contributed by atoms with Crippen LogP contribution in [0.15, 0.2) is 17.2 Å². The highest BCUT2D eigenvalue weighted by molar-refractivity contribution is 5.87. The molecule has 0 aliphatic heterocycles. The van der Waals surface area contributed by atoms with E-state index in [1.165, 1.54) is 0 Å². The number of hydrogen-bond acceptors (Lipinski definition) is 7. The van der Waals surface area contributed by atoms with E-state index >= 15 is 0 Å². The monoisotopic (exact) mass is 388 g/mol. The largest absolute Gasteiger partial charge is 0.502 e. The quantitative estimate of drug-likeness (QED) is 0.265. The van der Waals surface area contributed by atoms with Gasteiger partial charge < -0.3 is 5.11 Å². The third kappa shape index (κ3) is 3.61. The van der Waals surface area contributed by atoms with Gasteiger partial charge >= 0.3 is 5.69 Å². The number of phenols is 1. The van der Waals surface area contributed by atoms with E-state index in [2.05, 4.69) is 5.10 Å². The summed E-state index contributed by atoms with van der Waals surface area (Å²) >= 11 is 0. The summed E-state index contributed by atoms with van der Waals surface area (Å²) in [6, 6.07) is 1.18. The van der Waals surface area contributed by atoms with Crippen LogP contribution in [0.4, 0.5) is 34.6 Å². The lowest BCUT2D eigenvalue weighted by molar-refractivity contribution is -0.394. The van der Waals surface area contributed by atoms with Gasteiger partial charge in [0, 0.05) is 11.6 Å². The Bertz CT molecular complexity index is 967. The molecular formula is C14H8F4N4O5. The molecule has 0 radical (unpaired) electrons. The third-order valence-electron chi connectivity index (χ3n) is 3.37. The van der Waals surface area contributed by atoms with E-state index in [0.717, 1.165) is 6.92 Å². The Labute approximate surface area is 146 Å². The molecular weight excluding hydrogens is 380 g/mol. The van der Waals surface area contributed by atoms with E-state index in [0.29, 0.717) is 18.3 Å². The number of nitrogens with one attached hydrogen (secondary N) is 1. The van der Waals surface area contributed by atoms with Crippen molar-refractivity contribution in [2.75, 3.05) is 5.43 Å². The van der Waals surface area contributed by atoms with Crippen molar-refractivity contribution < 1.29 is 32.5 Å². The highest BCUT2D eigenvalue weighted by atomic mass is 19.2. The van der Waals surface area contributed by atoms with Crippen LogP contribution in [0.2, 0.25) is 0 Å². The number of nitro benzene ring substituents is 2. The molecule has 0 aromatic heterocycles. The SMILES string of the molecule is Cc1c(F)c(F)c(N/N=C/c2cc([N+](=O)[O-])cc([N+](=O)[O-])c2O)c(F)c1F. The molecule has 9 nitrogen and oxygen atoms in total. The molecule has 0 aliphatic rings. The molecule has 0 unspecified atom stereocenters. The minimum absolute atomic E-state index is 0.490. The van der Waals surface area contributed by atoms with E-state index in [-0.39, 0.29) is 0 Å². The van der Waals surface area contributed by atoms with Crippen LogP contribution in [0.1, 0.15) is 11.1 Å². The summed E-state index contributed by atoms with van der Waals surface area (Å²) in [6.45, 7) is 0.810. The number of phenolic OH excluding ortho intramolecular Hbond substituents is 1. The summed E-state index contributed by atoms with van der Waals surface area (Å²) in [5.74, 6) is -7.91. The summed E-state index contributed by atoms with van der Waals surface area (Å²) in [6.07, 6.45) is 0.546. The van der Waals surface area contributed by atoms with Gasteiger partial charge in [-0.2, -0.15) is 5.10 Å². The molecule has 0 heterocycles. The normalized spacial score (nSPS) is 11.0. The van der Waals surface area contributed by atoms with Gasteiger partial charge in [-0.1, -0.05) is 0 Å². The molecule has 2 N–H and O–H groups in total. The van der Waals surface area contributed by atoms with E-state index in [4.69, 9.17) is 0 Å². The lowest BCUT2D eigenvalue weighted by atomic mass is 10.1. The van der Waals surface area contributed by atoms with Crippen molar-refractivity contribution >= 4 is 23.3 Å². The first kappa shape index (κ1) is 19.6. The summed E-state index contributed by atoms with van der Waals surface area (Å²) in [5.41, 5.74) is -2.89. The van der Waals surface area contributed by atoms with Crippen LogP contribution in [-0.4, -0.2) is 21.2 Å². The van der Waals surface area contributed by atoms with Gasteiger partial charge in [-0.3, -0.25) is 25.7 Å². The number of aromatic hydroxyl groups is 1. The Hall–Kier alpha value is -3.77. The Morgan fingerprint density at radius 2 is 1.59 bits per heavy atom. The van der Waals surface area contributed by atoms with Crippen molar-refractivity contribution in [1.29, 1.82) is 0 Å². The predicted molar refractivity (Wildman–Crippen MR) is 83.6 cm³/mol. The molecule has 2 rings (SSSR count). The predicted octanol–water partition coefficient (Wildman–Crippen LogP) is 3.52. The maximum Gasteiger partial charge on any atom is 0.318 e.